The maximum absolute atomic E-state index is 13.2. The molecule has 1 aliphatic rings. The van der Waals surface area contributed by atoms with Crippen molar-refractivity contribution in [1.82, 2.24) is 9.66 Å². The Morgan fingerprint density at radius 1 is 1.13 bits per heavy atom. The molecule has 30 heavy (non-hydrogen) atoms. The molecule has 0 radical (unpaired) electrons. The van der Waals surface area contributed by atoms with Crippen LogP contribution in [0, 0.1) is 0 Å². The zero-order valence-electron chi connectivity index (χ0n) is 17.5. The summed E-state index contributed by atoms with van der Waals surface area (Å²) in [4.78, 5) is 20.4. The van der Waals surface area contributed by atoms with Gasteiger partial charge < -0.3 is 4.90 Å². The maximum atomic E-state index is 13.2. The van der Waals surface area contributed by atoms with Gasteiger partial charge in [0.05, 0.1) is 17.1 Å². The molecule has 1 aliphatic heterocycles. The largest absolute Gasteiger partial charge is 0.372 e. The predicted molar refractivity (Wildman–Crippen MR) is 128 cm³/mol. The number of hydrogen-bond acceptors (Lipinski definition) is 4. The molecule has 0 spiro atoms. The minimum absolute atomic E-state index is 0.129. The van der Waals surface area contributed by atoms with Crippen LogP contribution in [0.5, 0.6) is 0 Å². The topological polar surface area (TPSA) is 50.5 Å². The molecule has 1 fully saturated rings. The van der Waals surface area contributed by atoms with Gasteiger partial charge in [-0.15, -0.1) is 0 Å². The second-order valence-corrected chi connectivity index (χ2v) is 8.86. The fourth-order valence-electron chi connectivity index (χ4n) is 3.83. The summed E-state index contributed by atoms with van der Waals surface area (Å²) >= 11 is 3.45. The quantitative estimate of drug-likeness (QED) is 0.463. The number of hydrogen-bond donors (Lipinski definition) is 0. The Bertz CT molecular complexity index is 1110. The minimum Gasteiger partial charge on any atom is -0.372 e. The molecular weight excluding hydrogens is 440 g/mol. The first-order valence-corrected chi connectivity index (χ1v) is 11.5. The van der Waals surface area contributed by atoms with Crippen LogP contribution < -0.4 is 10.5 Å². The number of piperidine rings is 1. The average Bonchev–Trinajstić information content (AvgIpc) is 2.79. The summed E-state index contributed by atoms with van der Waals surface area (Å²) in [5, 5.41) is 5.12. The van der Waals surface area contributed by atoms with Crippen molar-refractivity contribution in [2.75, 3.05) is 18.0 Å². The molecule has 0 unspecified atom stereocenters. The van der Waals surface area contributed by atoms with Crippen LogP contribution in [0.4, 0.5) is 5.69 Å². The molecule has 0 amide bonds. The summed E-state index contributed by atoms with van der Waals surface area (Å²) in [5.74, 6) is 0.822. The molecule has 1 saturated heterocycles. The minimum atomic E-state index is -0.141. The number of halogens is 1. The van der Waals surface area contributed by atoms with Gasteiger partial charge in [-0.1, -0.05) is 41.9 Å². The van der Waals surface area contributed by atoms with E-state index in [1.54, 1.807) is 6.21 Å². The molecule has 2 aromatic carbocycles. The van der Waals surface area contributed by atoms with Crippen molar-refractivity contribution in [3.63, 3.8) is 0 Å². The van der Waals surface area contributed by atoms with Gasteiger partial charge in [-0.3, -0.25) is 4.79 Å². The lowest BCUT2D eigenvalue weighted by molar-refractivity contribution is 0.578. The van der Waals surface area contributed by atoms with Crippen molar-refractivity contribution < 1.29 is 0 Å². The van der Waals surface area contributed by atoms with Gasteiger partial charge in [-0.25, -0.2) is 4.98 Å². The Morgan fingerprint density at radius 2 is 1.87 bits per heavy atom. The van der Waals surface area contributed by atoms with Crippen LogP contribution in [0.15, 0.2) is 56.8 Å². The Kier molecular flexibility index (Phi) is 6.32. The van der Waals surface area contributed by atoms with Crippen molar-refractivity contribution in [3.8, 4) is 0 Å². The molecule has 1 atom stereocenters. The second kappa shape index (κ2) is 9.13. The molecule has 0 N–H and O–H groups in total. The summed E-state index contributed by atoms with van der Waals surface area (Å²) in [7, 11) is 0. The van der Waals surface area contributed by atoms with Crippen LogP contribution in [0.2, 0.25) is 0 Å². The number of benzene rings is 2. The van der Waals surface area contributed by atoms with Crippen LogP contribution in [0.25, 0.3) is 10.9 Å². The van der Waals surface area contributed by atoms with Crippen LogP contribution in [0.3, 0.4) is 0 Å². The molecule has 0 aliphatic carbocycles. The highest BCUT2D eigenvalue weighted by atomic mass is 79.9. The fraction of sp³-hybridized carbons (Fsp3) is 0.375. The first kappa shape index (κ1) is 20.8. The van der Waals surface area contributed by atoms with E-state index in [1.165, 1.54) is 29.6 Å². The van der Waals surface area contributed by atoms with Gasteiger partial charge in [0, 0.05) is 29.2 Å². The second-order valence-electron chi connectivity index (χ2n) is 7.94. The van der Waals surface area contributed by atoms with Crippen LogP contribution in [0.1, 0.15) is 56.8 Å². The van der Waals surface area contributed by atoms with Crippen molar-refractivity contribution in [1.29, 1.82) is 0 Å². The van der Waals surface area contributed by atoms with Crippen molar-refractivity contribution in [2.45, 2.75) is 45.4 Å². The third kappa shape index (κ3) is 4.33. The zero-order valence-corrected chi connectivity index (χ0v) is 19.1. The third-order valence-electron chi connectivity index (χ3n) is 5.82. The Labute approximate surface area is 185 Å². The molecule has 0 bridgehead atoms. The van der Waals surface area contributed by atoms with Crippen LogP contribution in [-0.2, 0) is 0 Å². The number of nitrogens with zero attached hydrogens (tertiary/aromatic N) is 4. The zero-order chi connectivity index (χ0) is 21.1. The lowest BCUT2D eigenvalue weighted by Gasteiger charge is -2.28. The summed E-state index contributed by atoms with van der Waals surface area (Å²) in [6.45, 7) is 6.42. The fourth-order valence-corrected chi connectivity index (χ4v) is 4.19. The lowest BCUT2D eigenvalue weighted by atomic mass is 10.1. The highest BCUT2D eigenvalue weighted by Crippen LogP contribution is 2.22. The third-order valence-corrected chi connectivity index (χ3v) is 6.32. The molecular formula is C24H27BrN4O. The summed E-state index contributed by atoms with van der Waals surface area (Å²) in [6, 6.07) is 14.0. The van der Waals surface area contributed by atoms with Gasteiger partial charge >= 0.3 is 0 Å². The summed E-state index contributed by atoms with van der Waals surface area (Å²) in [5.41, 5.74) is 2.78. The van der Waals surface area contributed by atoms with Gasteiger partial charge in [0.15, 0.2) is 0 Å². The monoisotopic (exact) mass is 466 g/mol. The molecule has 5 nitrogen and oxygen atoms in total. The normalized spacial score (nSPS) is 15.8. The first-order chi connectivity index (χ1) is 14.6. The van der Waals surface area contributed by atoms with E-state index in [-0.39, 0.29) is 11.5 Å². The lowest BCUT2D eigenvalue weighted by Crippen LogP contribution is -2.29. The number of aromatic nitrogens is 2. The Morgan fingerprint density at radius 3 is 2.57 bits per heavy atom. The molecule has 156 valence electrons. The molecule has 4 rings (SSSR count). The number of rotatable bonds is 5. The van der Waals surface area contributed by atoms with E-state index in [9.17, 15) is 4.79 Å². The van der Waals surface area contributed by atoms with E-state index >= 15 is 0 Å². The predicted octanol–water partition coefficient (Wildman–Crippen LogP) is 5.55. The van der Waals surface area contributed by atoms with Gasteiger partial charge in [0.25, 0.3) is 5.56 Å². The van der Waals surface area contributed by atoms with Gasteiger partial charge in [-0.05, 0) is 61.6 Å². The summed E-state index contributed by atoms with van der Waals surface area (Å²) in [6.07, 6.45) is 6.48. The standard InChI is InChI=1S/C24H27BrN4O/c1-3-17(2)23-27-22-12-9-19(25)15-21(22)24(30)29(23)26-16-18-7-10-20(11-8-18)28-13-5-4-6-14-28/h7-12,15-17H,3-6,13-14H2,1-2H3/t17-/m0/s1. The van der Waals surface area contributed by atoms with E-state index in [4.69, 9.17) is 4.98 Å². The average molecular weight is 467 g/mol. The van der Waals surface area contributed by atoms with Crippen molar-refractivity contribution >= 4 is 38.7 Å². The van der Waals surface area contributed by atoms with E-state index in [2.05, 4.69) is 64.0 Å². The van der Waals surface area contributed by atoms with E-state index in [1.807, 2.05) is 18.2 Å². The Hall–Kier alpha value is -2.47. The van der Waals surface area contributed by atoms with E-state index < -0.39 is 0 Å². The highest BCUT2D eigenvalue weighted by molar-refractivity contribution is 9.10. The van der Waals surface area contributed by atoms with Crippen molar-refractivity contribution in [2.24, 2.45) is 5.10 Å². The van der Waals surface area contributed by atoms with Gasteiger partial charge in [-0.2, -0.15) is 9.78 Å². The van der Waals surface area contributed by atoms with Gasteiger partial charge in [0.1, 0.15) is 5.82 Å². The van der Waals surface area contributed by atoms with E-state index in [0.29, 0.717) is 16.7 Å². The molecule has 0 saturated carbocycles. The summed E-state index contributed by atoms with van der Waals surface area (Å²) < 4.78 is 2.32. The van der Waals surface area contributed by atoms with Gasteiger partial charge in [0.2, 0.25) is 0 Å². The Balaban J connectivity index is 1.69. The highest BCUT2D eigenvalue weighted by Gasteiger charge is 2.15. The SMILES string of the molecule is CC[C@H](C)c1nc2ccc(Br)cc2c(=O)n1N=Cc1ccc(N2CCCCC2)cc1. The maximum Gasteiger partial charge on any atom is 0.282 e. The number of anilines is 1. The smallest absolute Gasteiger partial charge is 0.282 e. The van der Waals surface area contributed by atoms with Crippen molar-refractivity contribution in [3.05, 3.63) is 68.7 Å². The molecule has 6 heteroatoms. The molecule has 2 heterocycles. The number of fused-ring (bicyclic) bond motifs is 1. The van der Waals surface area contributed by atoms with Crippen LogP contribution >= 0.6 is 15.9 Å². The first-order valence-electron chi connectivity index (χ1n) is 10.7. The van der Waals surface area contributed by atoms with E-state index in [0.717, 1.165) is 29.5 Å². The van der Waals surface area contributed by atoms with Crippen LogP contribution in [-0.4, -0.2) is 29.0 Å². The molecule has 3 aromatic rings. The molecule has 1 aromatic heterocycles.